The third-order valence-electron chi connectivity index (χ3n) is 3.29. The Morgan fingerprint density at radius 2 is 1.57 bits per heavy atom. The first-order chi connectivity index (χ1) is 10.8. The Balaban J connectivity index is 2.73. The third kappa shape index (κ3) is 2.85. The maximum Gasteiger partial charge on any atom is 0.257 e. The number of hydrogen-bond acceptors (Lipinski definition) is 1. The number of carbonyl (C=O) groups excluding carboxylic acids is 1. The predicted molar refractivity (Wildman–Crippen MR) is 70.9 cm³/mol. The van der Waals surface area contributed by atoms with E-state index in [-0.39, 0.29) is 12.6 Å². The fourth-order valence-corrected chi connectivity index (χ4v) is 2.12. The number of rotatable bonds is 4. The van der Waals surface area contributed by atoms with Crippen LogP contribution in [-0.4, -0.2) is 12.5 Å². The molecule has 0 spiro atoms. The van der Waals surface area contributed by atoms with Gasteiger partial charge in [-0.15, -0.1) is 0 Å². The normalized spacial score (nSPS) is 11.1. The van der Waals surface area contributed by atoms with Crippen molar-refractivity contribution in [2.45, 2.75) is 19.8 Å². The van der Waals surface area contributed by atoms with Gasteiger partial charge in [-0.25, -0.2) is 26.3 Å². The second-order valence-electron chi connectivity index (χ2n) is 4.83. The Morgan fingerprint density at radius 1 is 0.913 bits per heavy atom. The van der Waals surface area contributed by atoms with Crippen LogP contribution >= 0.6 is 0 Å². The van der Waals surface area contributed by atoms with Gasteiger partial charge in [-0.1, -0.05) is 13.3 Å². The highest BCUT2D eigenvalue weighted by Crippen LogP contribution is 2.32. The Morgan fingerprint density at radius 3 is 2.17 bits per heavy atom. The molecular formula is C15H11F6NO. The van der Waals surface area contributed by atoms with Crippen molar-refractivity contribution < 1.29 is 31.1 Å². The van der Waals surface area contributed by atoms with E-state index < -0.39 is 57.1 Å². The summed E-state index contributed by atoms with van der Waals surface area (Å²) in [6.45, 7) is 1.85. The molecule has 0 aliphatic heterocycles. The van der Waals surface area contributed by atoms with Crippen molar-refractivity contribution in [3.8, 4) is 0 Å². The van der Waals surface area contributed by atoms with E-state index in [1.165, 1.54) is 0 Å². The van der Waals surface area contributed by atoms with Crippen LogP contribution in [-0.2, 0) is 0 Å². The monoisotopic (exact) mass is 335 g/mol. The van der Waals surface area contributed by atoms with Gasteiger partial charge in [-0.2, -0.15) is 0 Å². The van der Waals surface area contributed by atoms with Crippen molar-refractivity contribution >= 4 is 16.7 Å². The molecule has 0 bridgehead atoms. The summed E-state index contributed by atoms with van der Waals surface area (Å²) in [6.07, 6.45) is 1.16. The lowest BCUT2D eigenvalue weighted by Gasteiger charge is -2.12. The predicted octanol–water partition coefficient (Wildman–Crippen LogP) is 4.20. The zero-order chi connectivity index (χ0) is 17.3. The molecule has 0 atom stereocenters. The second kappa shape index (κ2) is 6.47. The van der Waals surface area contributed by atoms with Crippen molar-refractivity contribution in [1.29, 1.82) is 0 Å². The zero-order valence-corrected chi connectivity index (χ0v) is 11.9. The SMILES string of the molecule is CCCCNC(=O)c1c(F)c(F)c2c(F)cc(F)c(F)c2c1F. The van der Waals surface area contributed by atoms with Crippen LogP contribution in [0.15, 0.2) is 6.07 Å². The van der Waals surface area contributed by atoms with Gasteiger partial charge in [0.25, 0.3) is 5.91 Å². The van der Waals surface area contributed by atoms with Crippen LogP contribution < -0.4 is 5.32 Å². The van der Waals surface area contributed by atoms with Crippen molar-refractivity contribution in [2.24, 2.45) is 0 Å². The van der Waals surface area contributed by atoms with E-state index in [1.807, 2.05) is 0 Å². The van der Waals surface area contributed by atoms with E-state index in [0.29, 0.717) is 12.8 Å². The number of halogens is 6. The van der Waals surface area contributed by atoms with Crippen LogP contribution in [0.25, 0.3) is 10.8 Å². The van der Waals surface area contributed by atoms with Gasteiger partial charge in [0.05, 0.1) is 10.8 Å². The molecule has 0 aromatic heterocycles. The molecule has 124 valence electrons. The number of fused-ring (bicyclic) bond motifs is 1. The van der Waals surface area contributed by atoms with Crippen LogP contribution in [0, 0.1) is 34.9 Å². The zero-order valence-electron chi connectivity index (χ0n) is 11.9. The van der Waals surface area contributed by atoms with E-state index in [1.54, 1.807) is 6.92 Å². The number of benzene rings is 2. The molecule has 0 saturated heterocycles. The molecule has 1 N–H and O–H groups in total. The first-order valence-electron chi connectivity index (χ1n) is 6.73. The summed E-state index contributed by atoms with van der Waals surface area (Å²) in [5.74, 6) is -12.5. The van der Waals surface area contributed by atoms with Crippen LogP contribution in [0.1, 0.15) is 30.1 Å². The average Bonchev–Trinajstić information content (AvgIpc) is 2.49. The number of amides is 1. The van der Waals surface area contributed by atoms with Gasteiger partial charge in [-0.05, 0) is 6.42 Å². The Kier molecular flexibility index (Phi) is 4.82. The molecule has 2 nitrogen and oxygen atoms in total. The Bertz CT molecular complexity index is 790. The van der Waals surface area contributed by atoms with Crippen molar-refractivity contribution in [1.82, 2.24) is 5.32 Å². The van der Waals surface area contributed by atoms with Gasteiger partial charge in [0.2, 0.25) is 0 Å². The minimum absolute atomic E-state index is 0.0272. The van der Waals surface area contributed by atoms with Crippen LogP contribution in [0.2, 0.25) is 0 Å². The minimum Gasteiger partial charge on any atom is -0.352 e. The molecule has 1 amide bonds. The largest absolute Gasteiger partial charge is 0.352 e. The van der Waals surface area contributed by atoms with Crippen molar-refractivity contribution in [3.63, 3.8) is 0 Å². The molecule has 2 rings (SSSR count). The average molecular weight is 335 g/mol. The topological polar surface area (TPSA) is 29.1 Å². The fraction of sp³-hybridized carbons (Fsp3) is 0.267. The summed E-state index contributed by atoms with van der Waals surface area (Å²) in [6, 6.07) is -0.0272. The standard InChI is InChI=1S/C15H11F6NO/c1-2-3-4-22-15(23)10-12(19)9-8(13(20)14(10)21)6(16)5-7(17)11(9)18/h5H,2-4H2,1H3,(H,22,23). The Labute approximate surface area is 127 Å². The highest BCUT2D eigenvalue weighted by atomic mass is 19.2. The van der Waals surface area contributed by atoms with Crippen LogP contribution in [0.5, 0.6) is 0 Å². The van der Waals surface area contributed by atoms with E-state index >= 15 is 0 Å². The van der Waals surface area contributed by atoms with Gasteiger partial charge < -0.3 is 5.32 Å². The number of unbranched alkanes of at least 4 members (excludes halogenated alkanes) is 1. The lowest BCUT2D eigenvalue weighted by Crippen LogP contribution is -2.27. The molecule has 0 radical (unpaired) electrons. The number of hydrogen-bond donors (Lipinski definition) is 1. The molecule has 0 unspecified atom stereocenters. The summed E-state index contributed by atoms with van der Waals surface area (Å²) in [4.78, 5) is 11.8. The van der Waals surface area contributed by atoms with Gasteiger partial charge >= 0.3 is 0 Å². The van der Waals surface area contributed by atoms with Gasteiger partial charge in [-0.3, -0.25) is 4.79 Å². The van der Waals surface area contributed by atoms with E-state index in [0.717, 1.165) is 0 Å². The minimum atomic E-state index is -1.96. The molecule has 0 fully saturated rings. The molecular weight excluding hydrogens is 324 g/mol. The maximum atomic E-state index is 14.2. The summed E-state index contributed by atoms with van der Waals surface area (Å²) < 4.78 is 82.5. The van der Waals surface area contributed by atoms with E-state index in [4.69, 9.17) is 0 Å². The summed E-state index contributed by atoms with van der Waals surface area (Å²) in [5.41, 5.74) is -1.42. The van der Waals surface area contributed by atoms with Gasteiger partial charge in [0.1, 0.15) is 17.2 Å². The quantitative estimate of drug-likeness (QED) is 0.506. The van der Waals surface area contributed by atoms with E-state index in [9.17, 15) is 31.1 Å². The number of carbonyl (C=O) groups is 1. The molecule has 8 heteroatoms. The molecule has 2 aromatic carbocycles. The van der Waals surface area contributed by atoms with Crippen molar-refractivity contribution in [3.05, 3.63) is 46.5 Å². The third-order valence-corrected chi connectivity index (χ3v) is 3.29. The number of nitrogens with one attached hydrogen (secondary N) is 1. The Hall–Kier alpha value is -2.25. The molecule has 0 heterocycles. The van der Waals surface area contributed by atoms with Gasteiger partial charge in [0.15, 0.2) is 23.3 Å². The first-order valence-corrected chi connectivity index (χ1v) is 6.73. The highest BCUT2D eigenvalue weighted by molar-refractivity contribution is 6.00. The van der Waals surface area contributed by atoms with Gasteiger partial charge in [0, 0.05) is 12.6 Å². The van der Waals surface area contributed by atoms with E-state index in [2.05, 4.69) is 5.32 Å². The smallest absolute Gasteiger partial charge is 0.257 e. The summed E-state index contributed by atoms with van der Waals surface area (Å²) >= 11 is 0. The summed E-state index contributed by atoms with van der Waals surface area (Å²) in [7, 11) is 0. The highest BCUT2D eigenvalue weighted by Gasteiger charge is 2.29. The second-order valence-corrected chi connectivity index (χ2v) is 4.83. The lowest BCUT2D eigenvalue weighted by molar-refractivity contribution is 0.0944. The molecule has 0 saturated carbocycles. The fourth-order valence-electron chi connectivity index (χ4n) is 2.12. The summed E-state index contributed by atoms with van der Waals surface area (Å²) in [5, 5.41) is -0.701. The molecule has 2 aromatic rings. The first kappa shape index (κ1) is 17.1. The molecule has 23 heavy (non-hydrogen) atoms. The van der Waals surface area contributed by atoms with Crippen molar-refractivity contribution in [2.75, 3.05) is 6.54 Å². The molecule has 0 aliphatic rings. The molecule has 0 aliphatic carbocycles. The maximum absolute atomic E-state index is 14.2. The van der Waals surface area contributed by atoms with Crippen LogP contribution in [0.3, 0.4) is 0 Å². The lowest BCUT2D eigenvalue weighted by atomic mass is 10.0. The van der Waals surface area contributed by atoms with Crippen LogP contribution in [0.4, 0.5) is 26.3 Å².